The summed E-state index contributed by atoms with van der Waals surface area (Å²) in [6.45, 7) is 12.2. The van der Waals surface area contributed by atoms with Crippen LogP contribution in [0.5, 0.6) is 0 Å². The highest BCUT2D eigenvalue weighted by Crippen LogP contribution is 2.44. The first-order valence-corrected chi connectivity index (χ1v) is 19.2. The van der Waals surface area contributed by atoms with Crippen molar-refractivity contribution in [1.29, 1.82) is 0 Å². The number of aliphatic hydroxyl groups excluding tert-OH is 4. The summed E-state index contributed by atoms with van der Waals surface area (Å²) < 4.78 is 17.8. The van der Waals surface area contributed by atoms with E-state index in [1.165, 1.54) is 26.3 Å². The summed E-state index contributed by atoms with van der Waals surface area (Å²) in [7, 11) is 1.52. The number of methoxy groups -OCH3 is 1. The van der Waals surface area contributed by atoms with Gasteiger partial charge in [0, 0.05) is 31.2 Å². The molecular weight excluding hydrogens is 736 g/mol. The normalized spacial score (nSPS) is 32.9. The van der Waals surface area contributed by atoms with Gasteiger partial charge in [-0.3, -0.25) is 19.2 Å². The maximum absolute atomic E-state index is 13.3. The Bertz CT molecular complexity index is 1690. The van der Waals surface area contributed by atoms with Crippen molar-refractivity contribution in [1.82, 2.24) is 10.6 Å². The minimum Gasteiger partial charge on any atom is -0.390 e. The summed E-state index contributed by atoms with van der Waals surface area (Å²) >= 11 is 0. The molecule has 0 aromatic heterocycles. The Balaban J connectivity index is 1.59. The van der Waals surface area contributed by atoms with Crippen LogP contribution in [0.25, 0.3) is 0 Å². The van der Waals surface area contributed by atoms with Crippen molar-refractivity contribution in [3.63, 3.8) is 0 Å². The van der Waals surface area contributed by atoms with Crippen LogP contribution in [0.3, 0.4) is 0 Å². The summed E-state index contributed by atoms with van der Waals surface area (Å²) in [4.78, 5) is 49.9. The number of hydrogen-bond donors (Lipinski definition) is 7. The Morgan fingerprint density at radius 1 is 0.982 bits per heavy atom. The van der Waals surface area contributed by atoms with Gasteiger partial charge in [-0.2, -0.15) is 0 Å². The van der Waals surface area contributed by atoms with Gasteiger partial charge in [0.05, 0.1) is 30.3 Å². The van der Waals surface area contributed by atoms with E-state index in [1.54, 1.807) is 81.5 Å². The Labute approximate surface area is 335 Å². The molecule has 3 heterocycles. The van der Waals surface area contributed by atoms with Crippen LogP contribution in [0.4, 0.5) is 0 Å². The van der Waals surface area contributed by atoms with Crippen molar-refractivity contribution >= 4 is 23.4 Å². The molecule has 3 rings (SSSR count). The van der Waals surface area contributed by atoms with Gasteiger partial charge in [-0.25, -0.2) is 0 Å². The highest BCUT2D eigenvalue weighted by molar-refractivity contribution is 6.27. The maximum atomic E-state index is 13.3. The standard InChI is InChI=1S/C43H60N2O12/c1-9-11-13-21-31-42(6,7)38(50)39(51)43(54,57-31)28(10-2)40(52)44-23-17-16-19-26(4)36(55-8)27(5)37-35(49)34(48)30(56-37)20-15-12-14-18-25(3)33(47)32-29(46)22-24-45-41(32)53/h9,11-22,24,27-28,30-32,34-39,48-51,54H,10,23H2,1-8H3,(H,44,52)(H,45,53)/t27?,28?,30?,31?,32?,34?,35?,36?,37?,38?,39?,43-/m1/s1. The zero-order valence-corrected chi connectivity index (χ0v) is 33.9. The van der Waals surface area contributed by atoms with Crippen LogP contribution >= 0.6 is 0 Å². The number of carbonyl (C=O) groups excluding carboxylic acids is 4. The first-order chi connectivity index (χ1) is 26.9. The molecule has 0 bridgehead atoms. The zero-order valence-electron chi connectivity index (χ0n) is 33.9. The summed E-state index contributed by atoms with van der Waals surface area (Å²) in [6.07, 6.45) is 13.9. The van der Waals surface area contributed by atoms with Crippen molar-refractivity contribution in [2.24, 2.45) is 23.2 Å². The molecule has 3 aliphatic heterocycles. The molecular formula is C43H60N2O12. The van der Waals surface area contributed by atoms with Crippen molar-refractivity contribution in [3.05, 3.63) is 96.3 Å². The lowest BCUT2D eigenvalue weighted by Gasteiger charge is -2.53. The molecule has 0 radical (unpaired) electrons. The van der Waals surface area contributed by atoms with Gasteiger partial charge in [0.2, 0.25) is 17.6 Å². The molecule has 0 aliphatic carbocycles. The number of rotatable bonds is 17. The molecule has 7 N–H and O–H groups in total. The van der Waals surface area contributed by atoms with Crippen LogP contribution in [-0.2, 0) is 33.4 Å². The molecule has 2 saturated heterocycles. The van der Waals surface area contributed by atoms with Gasteiger partial charge in [-0.15, -0.1) is 0 Å². The molecule has 2 amide bonds. The van der Waals surface area contributed by atoms with E-state index in [-0.39, 0.29) is 18.5 Å². The zero-order chi connectivity index (χ0) is 42.7. The average Bonchev–Trinajstić information content (AvgIpc) is 3.45. The molecule has 11 unspecified atom stereocenters. The largest absolute Gasteiger partial charge is 0.390 e. The number of amides is 2. The summed E-state index contributed by atoms with van der Waals surface area (Å²) in [6, 6.07) is 0. The van der Waals surface area contributed by atoms with Gasteiger partial charge in [-0.1, -0.05) is 101 Å². The lowest BCUT2D eigenvalue weighted by atomic mass is 9.71. The molecule has 2 fully saturated rings. The predicted molar refractivity (Wildman–Crippen MR) is 213 cm³/mol. The number of ether oxygens (including phenoxy) is 3. The van der Waals surface area contributed by atoms with E-state index in [0.29, 0.717) is 0 Å². The Morgan fingerprint density at radius 3 is 2.30 bits per heavy atom. The Morgan fingerprint density at radius 2 is 1.67 bits per heavy atom. The summed E-state index contributed by atoms with van der Waals surface area (Å²) in [5, 5.41) is 60.2. The van der Waals surface area contributed by atoms with Crippen LogP contribution in [0.15, 0.2) is 96.3 Å². The number of allylic oxidation sites excluding steroid dienone is 11. The fourth-order valence-electron chi connectivity index (χ4n) is 7.23. The molecule has 0 saturated carbocycles. The molecule has 314 valence electrons. The average molecular weight is 797 g/mol. The molecule has 0 spiro atoms. The molecule has 12 atom stereocenters. The highest BCUT2D eigenvalue weighted by Gasteiger charge is 2.60. The first-order valence-electron chi connectivity index (χ1n) is 19.2. The van der Waals surface area contributed by atoms with Crippen LogP contribution < -0.4 is 10.6 Å². The number of Topliss-reactive ketones (excluding diaryl/α,β-unsaturated/α-hetero) is 1. The van der Waals surface area contributed by atoms with Crippen molar-refractivity contribution in [3.8, 4) is 0 Å². The van der Waals surface area contributed by atoms with E-state index in [9.17, 15) is 44.7 Å². The van der Waals surface area contributed by atoms with Crippen LogP contribution in [0.2, 0.25) is 0 Å². The van der Waals surface area contributed by atoms with Crippen molar-refractivity contribution in [2.75, 3.05) is 13.7 Å². The first kappa shape index (κ1) is 47.3. The quantitative estimate of drug-likeness (QED) is 0.0640. The predicted octanol–water partition coefficient (Wildman–Crippen LogP) is 2.20. The van der Waals surface area contributed by atoms with Gasteiger partial charge in [0.15, 0.2) is 17.5 Å². The van der Waals surface area contributed by atoms with E-state index in [1.807, 2.05) is 26.8 Å². The third-order valence-electron chi connectivity index (χ3n) is 10.8. The van der Waals surface area contributed by atoms with E-state index in [2.05, 4.69) is 10.6 Å². The van der Waals surface area contributed by atoms with Crippen LogP contribution in [-0.4, -0.2) is 117 Å². The second kappa shape index (κ2) is 21.0. The van der Waals surface area contributed by atoms with E-state index >= 15 is 0 Å². The van der Waals surface area contributed by atoms with E-state index in [0.717, 1.165) is 11.6 Å². The smallest absolute Gasteiger partial charge is 0.242 e. The van der Waals surface area contributed by atoms with E-state index < -0.39 is 101 Å². The minimum absolute atomic E-state index is 0.0802. The fourth-order valence-corrected chi connectivity index (χ4v) is 7.23. The van der Waals surface area contributed by atoms with Gasteiger partial charge in [0.1, 0.15) is 24.4 Å². The summed E-state index contributed by atoms with van der Waals surface area (Å²) in [5.41, 5.74) is 0.0278. The molecule has 57 heavy (non-hydrogen) atoms. The topological polar surface area (TPSA) is 221 Å². The van der Waals surface area contributed by atoms with Gasteiger partial charge in [0.25, 0.3) is 0 Å². The van der Waals surface area contributed by atoms with Crippen LogP contribution in [0, 0.1) is 23.2 Å². The second-order valence-corrected chi connectivity index (χ2v) is 15.2. The lowest BCUT2D eigenvalue weighted by Crippen LogP contribution is -2.69. The number of hydrogen-bond acceptors (Lipinski definition) is 12. The number of carbonyl (C=O) groups is 4. The molecule has 14 heteroatoms. The van der Waals surface area contributed by atoms with Crippen LogP contribution in [0.1, 0.15) is 54.9 Å². The fraction of sp³-hybridized carbons (Fsp3) is 0.535. The highest BCUT2D eigenvalue weighted by atomic mass is 16.7. The van der Waals surface area contributed by atoms with Crippen molar-refractivity contribution in [2.45, 2.75) is 110 Å². The minimum atomic E-state index is -2.34. The second-order valence-electron chi connectivity index (χ2n) is 15.2. The third-order valence-corrected chi connectivity index (χ3v) is 10.8. The lowest BCUT2D eigenvalue weighted by molar-refractivity contribution is -0.359. The van der Waals surface area contributed by atoms with Gasteiger partial charge < -0.3 is 50.4 Å². The number of nitrogens with one attached hydrogen (secondary N) is 2. The van der Waals surface area contributed by atoms with Crippen molar-refractivity contribution < 1.29 is 58.9 Å². The molecule has 0 aromatic rings. The maximum Gasteiger partial charge on any atom is 0.242 e. The summed E-state index contributed by atoms with van der Waals surface area (Å²) in [5.74, 6) is -7.79. The molecule has 3 aliphatic rings. The number of aliphatic hydroxyl groups is 5. The van der Waals surface area contributed by atoms with Gasteiger partial charge >= 0.3 is 0 Å². The van der Waals surface area contributed by atoms with Gasteiger partial charge in [-0.05, 0) is 44.4 Å². The SMILES string of the molecule is CC=CC=CC1O[C@](O)(C(CC)C(=O)NCC=CC=C(C)C(OC)C(C)C2OC(C=CC=CC=C(C)C(=O)C3C(=O)C=CNC3=O)C(O)C2O)C(O)C(O)C1(C)C. The Kier molecular flexibility index (Phi) is 17.5. The number of ketones is 2. The third kappa shape index (κ3) is 11.1. The monoisotopic (exact) mass is 796 g/mol. The van der Waals surface area contributed by atoms with E-state index in [4.69, 9.17) is 14.2 Å². The molecule has 0 aromatic carbocycles. The molecule has 14 nitrogen and oxygen atoms in total. The Hall–Kier alpha value is -4.12.